The van der Waals surface area contributed by atoms with Gasteiger partial charge in [0.25, 0.3) is 0 Å². The Morgan fingerprint density at radius 1 is 1.12 bits per heavy atom. The first-order valence-corrected chi connectivity index (χ1v) is 8.74. The lowest BCUT2D eigenvalue weighted by molar-refractivity contribution is -0.127. The van der Waals surface area contributed by atoms with Gasteiger partial charge in [0.2, 0.25) is 5.91 Å². The second kappa shape index (κ2) is 7.63. The number of piperidine rings is 1. The summed E-state index contributed by atoms with van der Waals surface area (Å²) < 4.78 is 0. The second-order valence-electron chi connectivity index (χ2n) is 6.81. The lowest BCUT2D eigenvalue weighted by Gasteiger charge is -2.30. The number of amides is 1. The van der Waals surface area contributed by atoms with Gasteiger partial charge in [-0.1, -0.05) is 54.6 Å². The fourth-order valence-electron chi connectivity index (χ4n) is 3.54. The molecule has 126 valence electrons. The Balaban J connectivity index is 1.85. The zero-order chi connectivity index (χ0) is 16.9. The van der Waals surface area contributed by atoms with E-state index in [1.54, 1.807) is 0 Å². The summed E-state index contributed by atoms with van der Waals surface area (Å²) in [4.78, 5) is 15.1. The van der Waals surface area contributed by atoms with Gasteiger partial charge in [-0.2, -0.15) is 0 Å². The lowest BCUT2D eigenvalue weighted by atomic mass is 9.92. The molecule has 0 bridgehead atoms. The van der Waals surface area contributed by atoms with Gasteiger partial charge >= 0.3 is 0 Å². The Morgan fingerprint density at radius 2 is 1.83 bits per heavy atom. The van der Waals surface area contributed by atoms with Gasteiger partial charge in [0.1, 0.15) is 0 Å². The summed E-state index contributed by atoms with van der Waals surface area (Å²) in [5, 5.41) is 3.32. The third kappa shape index (κ3) is 3.85. The minimum absolute atomic E-state index is 0.0824. The van der Waals surface area contributed by atoms with Gasteiger partial charge < -0.3 is 10.2 Å². The highest BCUT2D eigenvalue weighted by molar-refractivity contribution is 5.80. The van der Waals surface area contributed by atoms with Crippen LogP contribution in [-0.2, 0) is 4.79 Å². The first kappa shape index (κ1) is 16.7. The third-order valence-corrected chi connectivity index (χ3v) is 4.91. The topological polar surface area (TPSA) is 32.3 Å². The first-order chi connectivity index (χ1) is 11.6. The van der Waals surface area contributed by atoms with Crippen LogP contribution >= 0.6 is 0 Å². The Labute approximate surface area is 144 Å². The number of hydrogen-bond donors (Lipinski definition) is 1. The molecule has 1 saturated heterocycles. The lowest BCUT2D eigenvalue weighted by Crippen LogP contribution is -2.42. The zero-order valence-electron chi connectivity index (χ0n) is 14.5. The van der Waals surface area contributed by atoms with Crippen molar-refractivity contribution in [2.45, 2.75) is 25.8 Å². The van der Waals surface area contributed by atoms with Crippen molar-refractivity contribution in [1.29, 1.82) is 0 Å². The summed E-state index contributed by atoms with van der Waals surface area (Å²) in [6, 6.07) is 18.4. The molecule has 1 N–H and O–H groups in total. The van der Waals surface area contributed by atoms with E-state index in [9.17, 15) is 4.79 Å². The van der Waals surface area contributed by atoms with Crippen molar-refractivity contribution in [3.63, 3.8) is 0 Å². The minimum atomic E-state index is -0.0906. The molecule has 2 unspecified atom stereocenters. The van der Waals surface area contributed by atoms with Crippen molar-refractivity contribution in [2.75, 3.05) is 20.1 Å². The zero-order valence-corrected chi connectivity index (χ0v) is 14.5. The SMILES string of the molecule is Cc1ccccc1C(NC(=O)C1CCCN(C)C1)c1ccccc1. The van der Waals surface area contributed by atoms with Gasteiger partial charge in [0, 0.05) is 6.54 Å². The first-order valence-electron chi connectivity index (χ1n) is 8.74. The maximum Gasteiger partial charge on any atom is 0.225 e. The van der Waals surface area contributed by atoms with Gasteiger partial charge in [-0.3, -0.25) is 4.79 Å². The van der Waals surface area contributed by atoms with Gasteiger partial charge in [0.15, 0.2) is 0 Å². The molecule has 0 saturated carbocycles. The van der Waals surface area contributed by atoms with Crippen molar-refractivity contribution < 1.29 is 4.79 Å². The Hall–Kier alpha value is -2.13. The van der Waals surface area contributed by atoms with Crippen LogP contribution in [0.5, 0.6) is 0 Å². The summed E-state index contributed by atoms with van der Waals surface area (Å²) in [5.74, 6) is 0.248. The maximum atomic E-state index is 12.9. The number of rotatable bonds is 4. The molecule has 3 heteroatoms. The van der Waals surface area contributed by atoms with E-state index in [4.69, 9.17) is 0 Å². The number of hydrogen-bond acceptors (Lipinski definition) is 2. The fourth-order valence-corrected chi connectivity index (χ4v) is 3.54. The van der Waals surface area contributed by atoms with Crippen molar-refractivity contribution in [2.24, 2.45) is 5.92 Å². The summed E-state index contributed by atoms with van der Waals surface area (Å²) in [6.07, 6.45) is 2.07. The molecule has 2 atom stereocenters. The van der Waals surface area contributed by atoms with Crippen LogP contribution in [0.1, 0.15) is 35.6 Å². The molecule has 1 aliphatic heterocycles. The molecule has 0 radical (unpaired) electrons. The highest BCUT2D eigenvalue weighted by atomic mass is 16.2. The van der Waals surface area contributed by atoms with Crippen molar-refractivity contribution >= 4 is 5.91 Å². The molecule has 0 aromatic heterocycles. The summed E-state index contributed by atoms with van der Waals surface area (Å²) in [6.45, 7) is 4.04. The number of carbonyl (C=O) groups is 1. The number of likely N-dealkylation sites (tertiary alicyclic amines) is 1. The van der Waals surface area contributed by atoms with Crippen LogP contribution in [0.3, 0.4) is 0 Å². The summed E-state index contributed by atoms with van der Waals surface area (Å²) in [5.41, 5.74) is 3.50. The Kier molecular flexibility index (Phi) is 5.31. The number of carbonyl (C=O) groups excluding carboxylic acids is 1. The van der Waals surface area contributed by atoms with Crippen LogP contribution in [0, 0.1) is 12.8 Å². The third-order valence-electron chi connectivity index (χ3n) is 4.91. The number of benzene rings is 2. The summed E-state index contributed by atoms with van der Waals surface area (Å²) in [7, 11) is 2.09. The molecule has 3 rings (SSSR count). The molecule has 0 spiro atoms. The average Bonchev–Trinajstić information content (AvgIpc) is 2.61. The molecule has 1 fully saturated rings. The van der Waals surface area contributed by atoms with Crippen LogP contribution < -0.4 is 5.32 Å². The van der Waals surface area contributed by atoms with Crippen molar-refractivity contribution in [1.82, 2.24) is 10.2 Å². The normalized spacial score (nSPS) is 19.7. The maximum absolute atomic E-state index is 12.9. The van der Waals surface area contributed by atoms with Gasteiger partial charge in [-0.15, -0.1) is 0 Å². The van der Waals surface area contributed by atoms with Gasteiger partial charge in [-0.05, 0) is 50.0 Å². The highest BCUT2D eigenvalue weighted by Crippen LogP contribution is 2.26. The number of nitrogens with one attached hydrogen (secondary N) is 1. The average molecular weight is 322 g/mol. The highest BCUT2D eigenvalue weighted by Gasteiger charge is 2.27. The van der Waals surface area contributed by atoms with Crippen molar-refractivity contribution in [3.8, 4) is 0 Å². The Morgan fingerprint density at radius 3 is 2.54 bits per heavy atom. The molecule has 3 nitrogen and oxygen atoms in total. The fraction of sp³-hybridized carbons (Fsp3) is 0.381. The van der Waals surface area contributed by atoms with Gasteiger partial charge in [0.05, 0.1) is 12.0 Å². The van der Waals surface area contributed by atoms with E-state index in [1.807, 2.05) is 30.3 Å². The van der Waals surface area contributed by atoms with E-state index in [2.05, 4.69) is 48.5 Å². The van der Waals surface area contributed by atoms with E-state index in [1.165, 1.54) is 11.1 Å². The van der Waals surface area contributed by atoms with E-state index < -0.39 is 0 Å². The van der Waals surface area contributed by atoms with E-state index in [-0.39, 0.29) is 17.9 Å². The van der Waals surface area contributed by atoms with E-state index in [0.29, 0.717) is 0 Å². The predicted octanol–water partition coefficient (Wildman–Crippen LogP) is 3.54. The summed E-state index contributed by atoms with van der Waals surface area (Å²) >= 11 is 0. The van der Waals surface area contributed by atoms with Crippen LogP contribution in [-0.4, -0.2) is 30.9 Å². The molecule has 24 heavy (non-hydrogen) atoms. The standard InChI is InChI=1S/C21H26N2O/c1-16-9-6-7-13-19(16)20(17-10-4-3-5-11-17)22-21(24)18-12-8-14-23(2)15-18/h3-7,9-11,13,18,20H,8,12,14-15H2,1-2H3,(H,22,24). The molecule has 1 heterocycles. The minimum Gasteiger partial charge on any atom is -0.345 e. The van der Waals surface area contributed by atoms with Gasteiger partial charge in [-0.25, -0.2) is 0 Å². The van der Waals surface area contributed by atoms with Crippen LogP contribution in [0.15, 0.2) is 54.6 Å². The molecule has 2 aromatic carbocycles. The molecular formula is C21H26N2O. The van der Waals surface area contributed by atoms with E-state index >= 15 is 0 Å². The second-order valence-corrected chi connectivity index (χ2v) is 6.81. The van der Waals surface area contributed by atoms with Crippen LogP contribution in [0.25, 0.3) is 0 Å². The van der Waals surface area contributed by atoms with Crippen LogP contribution in [0.2, 0.25) is 0 Å². The molecule has 1 aliphatic rings. The smallest absolute Gasteiger partial charge is 0.225 e. The van der Waals surface area contributed by atoms with Crippen LogP contribution in [0.4, 0.5) is 0 Å². The molecule has 0 aliphatic carbocycles. The van der Waals surface area contributed by atoms with E-state index in [0.717, 1.165) is 31.5 Å². The monoisotopic (exact) mass is 322 g/mol. The largest absolute Gasteiger partial charge is 0.345 e. The van der Waals surface area contributed by atoms with Crippen molar-refractivity contribution in [3.05, 3.63) is 71.3 Å². The molecule has 2 aromatic rings. The Bertz CT molecular complexity index is 683. The number of nitrogens with zero attached hydrogens (tertiary/aromatic N) is 1. The quantitative estimate of drug-likeness (QED) is 0.934. The molecule has 1 amide bonds. The predicted molar refractivity (Wildman–Crippen MR) is 97.8 cm³/mol. The number of aryl methyl sites for hydroxylation is 1. The molecular weight excluding hydrogens is 296 g/mol.